The van der Waals surface area contributed by atoms with Crippen molar-refractivity contribution in [3.63, 3.8) is 0 Å². The van der Waals surface area contributed by atoms with Crippen LogP contribution in [0.2, 0.25) is 0 Å². The van der Waals surface area contributed by atoms with Gasteiger partial charge in [0.2, 0.25) is 5.95 Å². The fourth-order valence-electron chi connectivity index (χ4n) is 2.79. The van der Waals surface area contributed by atoms with Crippen molar-refractivity contribution in [3.05, 3.63) is 50.7 Å². The van der Waals surface area contributed by atoms with Gasteiger partial charge in [0, 0.05) is 7.05 Å². The lowest BCUT2D eigenvalue weighted by atomic mass is 10.2. The molecule has 2 heterocycles. The molecule has 4 N–H and O–H groups in total. The Labute approximate surface area is 164 Å². The molecule has 11 heteroatoms. The maximum Gasteiger partial charge on any atom is 0.329 e. The van der Waals surface area contributed by atoms with Gasteiger partial charge in [0.1, 0.15) is 25.0 Å². The number of nitrogens with zero attached hydrogens (tertiary/aromatic N) is 3. The summed E-state index contributed by atoms with van der Waals surface area (Å²) in [6.45, 7) is 1.32. The van der Waals surface area contributed by atoms with Gasteiger partial charge in [0.25, 0.3) is 5.56 Å². The molecule has 3 aromatic rings. The van der Waals surface area contributed by atoms with E-state index < -0.39 is 29.9 Å². The molecule has 0 aliphatic rings. The van der Waals surface area contributed by atoms with Gasteiger partial charge in [-0.2, -0.15) is 4.98 Å². The SMILES string of the molecule is Cc1ccc(OC[C@@H](O)Cn2c(NCC(=O)O)nc3c2c(=O)[nH]c(=O)n3C)cc1. The third kappa shape index (κ3) is 4.46. The number of carboxylic acids is 1. The number of aliphatic hydroxyl groups excluding tert-OH is 1. The van der Waals surface area contributed by atoms with Crippen molar-refractivity contribution >= 4 is 23.1 Å². The maximum absolute atomic E-state index is 12.3. The Morgan fingerprint density at radius 2 is 2.00 bits per heavy atom. The topological polar surface area (TPSA) is 151 Å². The molecule has 0 spiro atoms. The molecule has 0 unspecified atom stereocenters. The predicted molar refractivity (Wildman–Crippen MR) is 104 cm³/mol. The van der Waals surface area contributed by atoms with Gasteiger partial charge >= 0.3 is 11.7 Å². The number of imidazole rings is 1. The number of aromatic nitrogens is 4. The summed E-state index contributed by atoms with van der Waals surface area (Å²) >= 11 is 0. The van der Waals surface area contributed by atoms with Crippen LogP contribution in [0.5, 0.6) is 5.75 Å². The Morgan fingerprint density at radius 1 is 1.31 bits per heavy atom. The number of fused-ring (bicyclic) bond motifs is 1. The molecule has 0 saturated carbocycles. The van der Waals surface area contributed by atoms with E-state index in [9.17, 15) is 19.5 Å². The Hall–Kier alpha value is -3.60. The predicted octanol–water partition coefficient (Wildman–Crippen LogP) is -0.332. The standard InChI is InChI=1S/C18H21N5O6/c1-10-3-5-12(6-4-10)29-9-11(24)8-23-14-15(20-17(23)19-7-13(25)26)22(2)18(28)21-16(14)27/h3-6,11,24H,7-9H2,1-2H3,(H,19,20)(H,25,26)(H,21,27,28)/t11-/m0/s1. The first-order valence-corrected chi connectivity index (χ1v) is 8.79. The van der Waals surface area contributed by atoms with Crippen molar-refractivity contribution in [3.8, 4) is 5.75 Å². The van der Waals surface area contributed by atoms with Crippen molar-refractivity contribution in [2.45, 2.75) is 19.6 Å². The number of carboxylic acid groups (broad SMARTS) is 1. The minimum Gasteiger partial charge on any atom is -0.491 e. The molecular weight excluding hydrogens is 382 g/mol. The van der Waals surface area contributed by atoms with Crippen LogP contribution in [-0.2, 0) is 18.4 Å². The van der Waals surface area contributed by atoms with E-state index in [1.807, 2.05) is 19.1 Å². The van der Waals surface area contributed by atoms with Gasteiger partial charge in [-0.1, -0.05) is 17.7 Å². The van der Waals surface area contributed by atoms with E-state index in [1.54, 1.807) is 12.1 Å². The largest absolute Gasteiger partial charge is 0.491 e. The second kappa shape index (κ2) is 8.19. The molecule has 154 valence electrons. The van der Waals surface area contributed by atoms with Crippen molar-refractivity contribution in [1.82, 2.24) is 19.1 Å². The van der Waals surface area contributed by atoms with Crippen molar-refractivity contribution in [2.75, 3.05) is 18.5 Å². The van der Waals surface area contributed by atoms with E-state index in [2.05, 4.69) is 15.3 Å². The van der Waals surface area contributed by atoms with Crippen LogP contribution in [0.25, 0.3) is 11.2 Å². The van der Waals surface area contributed by atoms with Crippen LogP contribution >= 0.6 is 0 Å². The Balaban J connectivity index is 1.89. The Kier molecular flexibility index (Phi) is 5.69. The van der Waals surface area contributed by atoms with Crippen LogP contribution in [0.3, 0.4) is 0 Å². The van der Waals surface area contributed by atoms with Crippen LogP contribution < -0.4 is 21.3 Å². The minimum atomic E-state index is -1.13. The highest BCUT2D eigenvalue weighted by Crippen LogP contribution is 2.17. The Morgan fingerprint density at radius 3 is 2.66 bits per heavy atom. The average molecular weight is 403 g/mol. The molecule has 1 aromatic carbocycles. The number of aromatic amines is 1. The zero-order valence-corrected chi connectivity index (χ0v) is 15.9. The molecule has 0 bridgehead atoms. The molecule has 29 heavy (non-hydrogen) atoms. The van der Waals surface area contributed by atoms with Crippen LogP contribution in [0.1, 0.15) is 5.56 Å². The third-order valence-electron chi connectivity index (χ3n) is 4.26. The fourth-order valence-corrected chi connectivity index (χ4v) is 2.79. The molecule has 2 aromatic heterocycles. The molecule has 0 aliphatic heterocycles. The highest BCUT2D eigenvalue weighted by atomic mass is 16.5. The third-order valence-corrected chi connectivity index (χ3v) is 4.26. The number of aliphatic carboxylic acids is 1. The number of hydrogen-bond donors (Lipinski definition) is 4. The van der Waals surface area contributed by atoms with Crippen LogP contribution in [0.4, 0.5) is 5.95 Å². The van der Waals surface area contributed by atoms with Crippen molar-refractivity contribution < 1.29 is 19.7 Å². The summed E-state index contributed by atoms with van der Waals surface area (Å²) in [5, 5.41) is 21.9. The van der Waals surface area contributed by atoms with E-state index >= 15 is 0 Å². The van der Waals surface area contributed by atoms with Gasteiger partial charge in [0.05, 0.1) is 6.54 Å². The van der Waals surface area contributed by atoms with Crippen molar-refractivity contribution in [1.29, 1.82) is 0 Å². The highest BCUT2D eigenvalue weighted by molar-refractivity contribution is 5.76. The first-order chi connectivity index (χ1) is 13.8. The Bertz CT molecular complexity index is 1140. The normalized spacial score (nSPS) is 12.1. The molecule has 0 radical (unpaired) electrons. The smallest absolute Gasteiger partial charge is 0.329 e. The number of carbonyl (C=O) groups is 1. The molecule has 0 aliphatic carbocycles. The van der Waals surface area contributed by atoms with E-state index in [1.165, 1.54) is 11.6 Å². The lowest BCUT2D eigenvalue weighted by Gasteiger charge is -2.15. The van der Waals surface area contributed by atoms with Crippen LogP contribution in [-0.4, -0.2) is 54.5 Å². The van der Waals surface area contributed by atoms with Gasteiger partial charge in [-0.3, -0.25) is 19.1 Å². The summed E-state index contributed by atoms with van der Waals surface area (Å²) in [4.78, 5) is 41.4. The summed E-state index contributed by atoms with van der Waals surface area (Å²) in [6, 6.07) is 7.29. The van der Waals surface area contributed by atoms with Crippen LogP contribution in [0.15, 0.2) is 33.9 Å². The van der Waals surface area contributed by atoms with Gasteiger partial charge < -0.3 is 24.8 Å². The lowest BCUT2D eigenvalue weighted by molar-refractivity contribution is -0.134. The molecule has 0 fully saturated rings. The number of nitrogens with one attached hydrogen (secondary N) is 2. The summed E-state index contributed by atoms with van der Waals surface area (Å²) in [5.74, 6) is -0.507. The first-order valence-electron chi connectivity index (χ1n) is 8.79. The molecule has 3 rings (SSSR count). The van der Waals surface area contributed by atoms with Gasteiger partial charge in [-0.15, -0.1) is 0 Å². The summed E-state index contributed by atoms with van der Waals surface area (Å²) in [5.41, 5.74) is -0.166. The number of rotatable bonds is 8. The van der Waals surface area contributed by atoms with E-state index in [-0.39, 0.29) is 30.3 Å². The zero-order valence-electron chi connectivity index (χ0n) is 15.9. The second-order valence-corrected chi connectivity index (χ2v) is 6.56. The molecule has 0 saturated heterocycles. The van der Waals surface area contributed by atoms with E-state index in [0.29, 0.717) is 5.75 Å². The summed E-state index contributed by atoms with van der Waals surface area (Å²) in [7, 11) is 1.43. The molecule has 11 nitrogen and oxygen atoms in total. The van der Waals surface area contributed by atoms with E-state index in [4.69, 9.17) is 9.84 Å². The zero-order chi connectivity index (χ0) is 21.1. The molecule has 1 atom stereocenters. The molecular formula is C18H21N5O6. The first kappa shape index (κ1) is 20.1. The number of anilines is 1. The second-order valence-electron chi connectivity index (χ2n) is 6.56. The van der Waals surface area contributed by atoms with Gasteiger partial charge in [-0.25, -0.2) is 4.79 Å². The highest BCUT2D eigenvalue weighted by Gasteiger charge is 2.20. The summed E-state index contributed by atoms with van der Waals surface area (Å²) < 4.78 is 8.02. The van der Waals surface area contributed by atoms with Gasteiger partial charge in [-0.05, 0) is 19.1 Å². The number of aryl methyl sites for hydroxylation is 2. The average Bonchev–Trinajstić information content (AvgIpc) is 3.03. The fraction of sp³-hybridized carbons (Fsp3) is 0.333. The van der Waals surface area contributed by atoms with Crippen LogP contribution in [0, 0.1) is 6.92 Å². The number of H-pyrrole nitrogens is 1. The van der Waals surface area contributed by atoms with Crippen molar-refractivity contribution in [2.24, 2.45) is 7.05 Å². The summed E-state index contributed by atoms with van der Waals surface area (Å²) in [6.07, 6.45) is -1.03. The molecule has 0 amide bonds. The number of hydrogen-bond acceptors (Lipinski definition) is 7. The van der Waals surface area contributed by atoms with Gasteiger partial charge in [0.15, 0.2) is 11.2 Å². The maximum atomic E-state index is 12.3. The number of benzene rings is 1. The minimum absolute atomic E-state index is 0.0365. The quantitative estimate of drug-likeness (QED) is 0.399. The number of aliphatic hydroxyl groups is 1. The van der Waals surface area contributed by atoms with E-state index in [0.717, 1.165) is 10.1 Å². The monoisotopic (exact) mass is 403 g/mol. The number of ether oxygens (including phenoxy) is 1. The lowest BCUT2D eigenvalue weighted by Crippen LogP contribution is -2.31.